The Labute approximate surface area is 215 Å². The van der Waals surface area contributed by atoms with E-state index in [0.717, 1.165) is 5.56 Å². The van der Waals surface area contributed by atoms with E-state index in [1.165, 1.54) is 43.5 Å². The highest BCUT2D eigenvalue weighted by Crippen LogP contribution is 2.36. The minimum atomic E-state index is -0.796. The third-order valence-electron chi connectivity index (χ3n) is 5.60. The Morgan fingerprint density at radius 2 is 1.92 bits per heavy atom. The molecule has 37 heavy (non-hydrogen) atoms. The normalized spacial score (nSPS) is 14.4. The Hall–Kier alpha value is -4.31. The van der Waals surface area contributed by atoms with Crippen molar-refractivity contribution in [1.29, 1.82) is 0 Å². The summed E-state index contributed by atoms with van der Waals surface area (Å²) in [5.41, 5.74) is 1.74. The van der Waals surface area contributed by atoms with E-state index in [1.54, 1.807) is 0 Å². The Kier molecular flexibility index (Phi) is 9.68. The lowest BCUT2D eigenvalue weighted by molar-refractivity contribution is -0.139. The Morgan fingerprint density at radius 1 is 1.16 bits per heavy atom. The molecule has 0 saturated carbocycles. The number of nitrogens with one attached hydrogen (secondary N) is 1. The second-order valence-electron chi connectivity index (χ2n) is 8.13. The van der Waals surface area contributed by atoms with E-state index in [0.29, 0.717) is 17.7 Å². The molecule has 0 bridgehead atoms. The molecule has 0 saturated heterocycles. The molecule has 0 unspecified atom stereocenters. The SMILES string of the molecule is C=CCOC(=O)Nc1cc(OCc2ccccc2)c(OC)cc1C(=O)N1C=C(CC(=O)OC)C[C@H]1CO. The van der Waals surface area contributed by atoms with E-state index in [9.17, 15) is 19.5 Å². The monoisotopic (exact) mass is 510 g/mol. The highest BCUT2D eigenvalue weighted by Gasteiger charge is 2.32. The summed E-state index contributed by atoms with van der Waals surface area (Å²) >= 11 is 0. The summed E-state index contributed by atoms with van der Waals surface area (Å²) in [6.07, 6.45) is 2.43. The second-order valence-corrected chi connectivity index (χ2v) is 8.13. The molecular formula is C27H30N2O8. The zero-order valence-corrected chi connectivity index (χ0v) is 20.8. The number of aliphatic hydroxyl groups excluding tert-OH is 1. The van der Waals surface area contributed by atoms with Crippen LogP contribution < -0.4 is 14.8 Å². The van der Waals surface area contributed by atoms with Crippen LogP contribution in [-0.2, 0) is 20.9 Å². The summed E-state index contributed by atoms with van der Waals surface area (Å²) in [6, 6.07) is 11.8. The van der Waals surface area contributed by atoms with Crippen LogP contribution in [0.4, 0.5) is 10.5 Å². The maximum absolute atomic E-state index is 13.6. The first-order chi connectivity index (χ1) is 17.9. The van der Waals surface area contributed by atoms with Gasteiger partial charge in [-0.05, 0) is 23.6 Å². The minimum Gasteiger partial charge on any atom is -0.493 e. The van der Waals surface area contributed by atoms with E-state index in [1.807, 2.05) is 30.3 Å². The van der Waals surface area contributed by atoms with E-state index in [2.05, 4.69) is 11.9 Å². The summed E-state index contributed by atoms with van der Waals surface area (Å²) in [7, 11) is 2.71. The molecular weight excluding hydrogens is 480 g/mol. The van der Waals surface area contributed by atoms with Gasteiger partial charge in [-0.25, -0.2) is 4.79 Å². The van der Waals surface area contributed by atoms with E-state index in [4.69, 9.17) is 18.9 Å². The molecule has 1 aliphatic rings. The summed E-state index contributed by atoms with van der Waals surface area (Å²) in [6.45, 7) is 3.39. The van der Waals surface area contributed by atoms with E-state index >= 15 is 0 Å². The summed E-state index contributed by atoms with van der Waals surface area (Å²) in [5.74, 6) is -0.413. The molecule has 10 heteroatoms. The number of hydrogen-bond acceptors (Lipinski definition) is 8. The van der Waals surface area contributed by atoms with Crippen LogP contribution in [0.3, 0.4) is 0 Å². The summed E-state index contributed by atoms with van der Waals surface area (Å²) in [4.78, 5) is 39.1. The van der Waals surface area contributed by atoms with Crippen molar-refractivity contribution < 1.29 is 38.4 Å². The Balaban J connectivity index is 1.96. The van der Waals surface area contributed by atoms with Crippen molar-refractivity contribution >= 4 is 23.7 Å². The fourth-order valence-corrected chi connectivity index (χ4v) is 3.78. The predicted molar refractivity (Wildman–Crippen MR) is 135 cm³/mol. The molecule has 3 rings (SSSR count). The number of esters is 1. The molecule has 2 aromatic carbocycles. The van der Waals surface area contributed by atoms with Gasteiger partial charge in [-0.3, -0.25) is 14.9 Å². The van der Waals surface area contributed by atoms with Crippen molar-refractivity contribution in [2.24, 2.45) is 0 Å². The average Bonchev–Trinajstić information content (AvgIpc) is 3.33. The fraction of sp³-hybridized carbons (Fsp3) is 0.296. The standard InChI is InChI=1S/C27H30N2O8/c1-4-10-36-27(33)28-22-14-24(37-17-18-8-6-5-7-9-18)23(34-2)13-21(22)26(32)29-15-19(11-20(29)16-30)12-25(31)35-3/h4-9,13-15,20,30H,1,10-12,16-17H2,2-3H3,(H,28,33)/t20-/m0/s1. The molecule has 0 fully saturated rings. The number of rotatable bonds is 11. The molecule has 10 nitrogen and oxygen atoms in total. The van der Waals surface area contributed by atoms with Crippen LogP contribution in [0.2, 0.25) is 0 Å². The highest BCUT2D eigenvalue weighted by molar-refractivity contribution is 6.04. The molecule has 196 valence electrons. The quantitative estimate of drug-likeness (QED) is 0.347. The third kappa shape index (κ3) is 7.11. The number of hydrogen-bond donors (Lipinski definition) is 2. The summed E-state index contributed by atoms with van der Waals surface area (Å²) < 4.78 is 21.1. The lowest BCUT2D eigenvalue weighted by atomic mass is 10.1. The molecule has 0 aromatic heterocycles. The van der Waals surface area contributed by atoms with Gasteiger partial charge in [0.15, 0.2) is 11.5 Å². The van der Waals surface area contributed by atoms with Crippen LogP contribution in [0.15, 0.2) is 66.9 Å². The van der Waals surface area contributed by atoms with Gasteiger partial charge < -0.3 is 29.0 Å². The van der Waals surface area contributed by atoms with Crippen molar-refractivity contribution in [3.05, 3.63) is 78.0 Å². The first kappa shape index (κ1) is 27.3. The van der Waals surface area contributed by atoms with Gasteiger partial charge in [0.1, 0.15) is 13.2 Å². The predicted octanol–water partition coefficient (Wildman–Crippen LogP) is 3.66. The molecule has 0 aliphatic carbocycles. The van der Waals surface area contributed by atoms with Crippen LogP contribution in [0.25, 0.3) is 0 Å². The number of amides is 2. The van der Waals surface area contributed by atoms with Gasteiger partial charge >= 0.3 is 12.1 Å². The number of ether oxygens (including phenoxy) is 4. The number of methoxy groups -OCH3 is 2. The van der Waals surface area contributed by atoms with Crippen molar-refractivity contribution in [3.8, 4) is 11.5 Å². The largest absolute Gasteiger partial charge is 0.493 e. The number of nitrogens with zero attached hydrogens (tertiary/aromatic N) is 1. The highest BCUT2D eigenvalue weighted by atomic mass is 16.5. The third-order valence-corrected chi connectivity index (χ3v) is 5.60. The fourth-order valence-electron chi connectivity index (χ4n) is 3.78. The molecule has 2 aromatic rings. The molecule has 2 amide bonds. The van der Waals surface area contributed by atoms with Crippen molar-refractivity contribution in [1.82, 2.24) is 4.90 Å². The van der Waals surface area contributed by atoms with Crippen molar-refractivity contribution in [3.63, 3.8) is 0 Å². The van der Waals surface area contributed by atoms with Gasteiger partial charge in [-0.2, -0.15) is 0 Å². The van der Waals surface area contributed by atoms with Gasteiger partial charge in [0.2, 0.25) is 0 Å². The van der Waals surface area contributed by atoms with E-state index < -0.39 is 24.0 Å². The van der Waals surface area contributed by atoms with Crippen molar-refractivity contribution in [2.45, 2.75) is 25.5 Å². The maximum Gasteiger partial charge on any atom is 0.411 e. The smallest absolute Gasteiger partial charge is 0.411 e. The van der Waals surface area contributed by atoms with Crippen LogP contribution in [0.1, 0.15) is 28.8 Å². The van der Waals surface area contributed by atoms with Crippen LogP contribution in [0.5, 0.6) is 11.5 Å². The first-order valence-electron chi connectivity index (χ1n) is 11.5. The van der Waals surface area contributed by atoms with Crippen molar-refractivity contribution in [2.75, 3.05) is 32.8 Å². The number of benzene rings is 2. The lowest BCUT2D eigenvalue weighted by Crippen LogP contribution is -2.36. The minimum absolute atomic E-state index is 0.00858. The van der Waals surface area contributed by atoms with Gasteiger partial charge in [0.25, 0.3) is 5.91 Å². The number of aliphatic hydroxyl groups is 1. The van der Waals surface area contributed by atoms with Gasteiger partial charge in [0.05, 0.1) is 44.5 Å². The molecule has 0 spiro atoms. The lowest BCUT2D eigenvalue weighted by Gasteiger charge is -2.24. The summed E-state index contributed by atoms with van der Waals surface area (Å²) in [5, 5.41) is 12.5. The zero-order valence-electron chi connectivity index (χ0n) is 20.8. The number of carbonyl (C=O) groups is 3. The maximum atomic E-state index is 13.6. The molecule has 1 aliphatic heterocycles. The first-order valence-corrected chi connectivity index (χ1v) is 11.5. The van der Waals surface area contributed by atoms with Crippen LogP contribution >= 0.6 is 0 Å². The van der Waals surface area contributed by atoms with Gasteiger partial charge in [-0.1, -0.05) is 43.0 Å². The van der Waals surface area contributed by atoms with Gasteiger partial charge in [0, 0.05) is 12.3 Å². The Bertz CT molecular complexity index is 1160. The second kappa shape index (κ2) is 13.1. The Morgan fingerprint density at radius 3 is 2.57 bits per heavy atom. The van der Waals surface area contributed by atoms with Crippen LogP contribution in [0, 0.1) is 0 Å². The number of anilines is 1. The zero-order chi connectivity index (χ0) is 26.8. The molecule has 1 atom stereocenters. The van der Waals surface area contributed by atoms with Crippen LogP contribution in [-0.4, -0.2) is 61.5 Å². The topological polar surface area (TPSA) is 124 Å². The average molecular weight is 511 g/mol. The molecule has 1 heterocycles. The molecule has 0 radical (unpaired) electrons. The number of carbonyl (C=O) groups excluding carboxylic acids is 3. The molecule has 2 N–H and O–H groups in total. The van der Waals surface area contributed by atoms with E-state index in [-0.39, 0.29) is 43.2 Å². The van der Waals surface area contributed by atoms with Gasteiger partial charge in [-0.15, -0.1) is 0 Å².